The molecule has 2 aliphatic carbocycles. The van der Waals surface area contributed by atoms with Crippen molar-refractivity contribution in [1.29, 1.82) is 0 Å². The highest BCUT2D eigenvalue weighted by Crippen LogP contribution is 2.33. The average Bonchev–Trinajstić information content (AvgIpc) is 3.77. The first-order valence-corrected chi connectivity index (χ1v) is 22.8. The molecule has 0 bridgehead atoms. The molecule has 0 radical (unpaired) electrons. The fraction of sp³-hybridized carbons (Fsp3) is 0.854. The predicted molar refractivity (Wildman–Crippen MR) is 215 cm³/mol. The summed E-state index contributed by atoms with van der Waals surface area (Å²) in [5, 5.41) is 10.9. The summed E-state index contributed by atoms with van der Waals surface area (Å²) in [6.07, 6.45) is 21.0. The molecule has 0 saturated heterocycles. The van der Waals surface area contributed by atoms with Crippen molar-refractivity contribution in [3.63, 3.8) is 0 Å². The second kappa shape index (κ2) is 22.9. The molecule has 2 aromatic rings. The third-order valence-corrected chi connectivity index (χ3v) is 11.6. The highest BCUT2D eigenvalue weighted by atomic mass is 32.2. The largest absolute Gasteiger partial charge is 0.460 e. The first kappa shape index (κ1) is 47.5. The summed E-state index contributed by atoms with van der Waals surface area (Å²) in [5.74, 6) is 2.68. The number of esters is 2. The van der Waals surface area contributed by atoms with Gasteiger partial charge in [0, 0.05) is 18.9 Å². The Morgan fingerprint density at radius 2 is 1.16 bits per heavy atom. The Labute approximate surface area is 336 Å². The van der Waals surface area contributed by atoms with Gasteiger partial charge in [0.25, 0.3) is 0 Å². The lowest BCUT2D eigenvalue weighted by Gasteiger charge is -2.23. The smallest absolute Gasteiger partial charge is 0.307 e. The van der Waals surface area contributed by atoms with Gasteiger partial charge in [-0.3, -0.25) is 9.59 Å². The molecule has 0 aromatic carbocycles. The lowest BCUT2D eigenvalue weighted by Crippen LogP contribution is -2.25. The van der Waals surface area contributed by atoms with Crippen molar-refractivity contribution >= 4 is 22.0 Å². The van der Waals surface area contributed by atoms with Crippen LogP contribution in [-0.4, -0.2) is 76.5 Å². The van der Waals surface area contributed by atoms with Gasteiger partial charge in [-0.2, -0.15) is 14.3 Å². The number of aromatic nitrogens is 4. The first-order chi connectivity index (χ1) is 26.3. The molecule has 15 heteroatoms. The third kappa shape index (κ3) is 19.0. The van der Waals surface area contributed by atoms with Crippen LogP contribution in [0.1, 0.15) is 192 Å². The second-order valence-electron chi connectivity index (χ2n) is 18.0. The molecule has 320 valence electrons. The molecule has 2 saturated carbocycles. The van der Waals surface area contributed by atoms with E-state index in [9.17, 15) is 18.0 Å². The maximum atomic E-state index is 12.4. The summed E-state index contributed by atoms with van der Waals surface area (Å²) in [5.41, 5.74) is -1.03. The van der Waals surface area contributed by atoms with Crippen LogP contribution in [0, 0.1) is 11.8 Å². The highest BCUT2D eigenvalue weighted by Gasteiger charge is 2.28. The van der Waals surface area contributed by atoms with Crippen molar-refractivity contribution in [2.45, 2.75) is 193 Å². The zero-order valence-corrected chi connectivity index (χ0v) is 36.7. The monoisotopic (exact) mass is 809 g/mol. The van der Waals surface area contributed by atoms with Crippen LogP contribution in [0.25, 0.3) is 0 Å². The number of hydrogen-bond donors (Lipinski definition) is 1. The van der Waals surface area contributed by atoms with Gasteiger partial charge in [-0.25, -0.2) is 8.42 Å². The van der Waals surface area contributed by atoms with E-state index in [1.165, 1.54) is 77.7 Å². The summed E-state index contributed by atoms with van der Waals surface area (Å²) in [4.78, 5) is 33.6. The number of rotatable bonds is 19. The van der Waals surface area contributed by atoms with E-state index in [0.29, 0.717) is 36.4 Å². The Kier molecular flexibility index (Phi) is 19.4. The quantitative estimate of drug-likeness (QED) is 0.134. The van der Waals surface area contributed by atoms with E-state index in [4.69, 9.17) is 18.5 Å². The number of carbonyl (C=O) groups excluding carboxylic acids is 2. The minimum atomic E-state index is -3.34. The molecule has 0 unspecified atom stereocenters. The molecule has 2 aliphatic rings. The van der Waals surface area contributed by atoms with Crippen LogP contribution in [0.3, 0.4) is 0 Å². The molecular formula is C41H72N6O8S. The Bertz CT molecular complexity index is 1550. The van der Waals surface area contributed by atoms with Crippen LogP contribution < -0.4 is 5.32 Å². The fourth-order valence-corrected chi connectivity index (χ4v) is 7.88. The van der Waals surface area contributed by atoms with Crippen molar-refractivity contribution in [1.82, 2.24) is 29.9 Å². The molecule has 1 N–H and O–H groups in total. The fourth-order valence-electron chi connectivity index (χ4n) is 7.53. The zero-order chi connectivity index (χ0) is 41.4. The first-order valence-electron chi connectivity index (χ1n) is 21.0. The highest BCUT2D eigenvalue weighted by molar-refractivity contribution is 7.88. The van der Waals surface area contributed by atoms with Crippen LogP contribution >= 0.6 is 0 Å². The van der Waals surface area contributed by atoms with E-state index in [2.05, 4.69) is 25.6 Å². The Morgan fingerprint density at radius 3 is 1.55 bits per heavy atom. The lowest BCUT2D eigenvalue weighted by atomic mass is 9.84. The molecule has 2 heterocycles. The van der Waals surface area contributed by atoms with E-state index in [-0.39, 0.29) is 36.7 Å². The Balaban J connectivity index is 0.000000303. The van der Waals surface area contributed by atoms with E-state index >= 15 is 0 Å². The maximum Gasteiger partial charge on any atom is 0.307 e. The topological polar surface area (TPSA) is 180 Å². The SMILES string of the molecule is CN(Cc1noc([C@H](CCCC2CCCCC2)CC(=O)OC(C)(C)C)n1)S(C)(=O)=O.CNCc1noc([C@H](CCCC2CCCCC2)CC(=O)OC(C)(C)C)n1. The summed E-state index contributed by atoms with van der Waals surface area (Å²) >= 11 is 0. The average molecular weight is 809 g/mol. The second-order valence-corrected chi connectivity index (χ2v) is 20.1. The lowest BCUT2D eigenvalue weighted by molar-refractivity contribution is -0.156. The summed E-state index contributed by atoms with van der Waals surface area (Å²) in [6, 6.07) is 0. The standard InChI is InChI=1S/C21H37N3O5S.C20H35N3O3/c1-21(2,3)28-19(25)14-17(13-9-12-16-10-7-6-8-11-16)20-22-18(23-29-20)15-24(4)30(5,26)27;1-20(2,3)25-18(24)13-16(19-22-17(14-21-4)23-26-19)12-8-11-15-9-6-5-7-10-15/h16-17H,6-15H2,1-5H3;15-16,21H,5-14H2,1-4H3/t17-;16-/m11/s1. The van der Waals surface area contributed by atoms with Crippen LogP contribution in [-0.2, 0) is 42.2 Å². The molecule has 56 heavy (non-hydrogen) atoms. The minimum absolute atomic E-state index is 0.0313. The van der Waals surface area contributed by atoms with Gasteiger partial charge in [0.15, 0.2) is 11.6 Å². The summed E-state index contributed by atoms with van der Waals surface area (Å²) in [7, 11) is -0.0288. The van der Waals surface area contributed by atoms with Gasteiger partial charge in [0.2, 0.25) is 21.8 Å². The van der Waals surface area contributed by atoms with Crippen molar-refractivity contribution in [3.05, 3.63) is 23.4 Å². The van der Waals surface area contributed by atoms with Crippen LogP contribution in [0.2, 0.25) is 0 Å². The minimum Gasteiger partial charge on any atom is -0.460 e. The van der Waals surface area contributed by atoms with Crippen molar-refractivity contribution < 1.29 is 36.5 Å². The number of carbonyl (C=O) groups is 2. The number of ether oxygens (including phenoxy) is 2. The zero-order valence-electron chi connectivity index (χ0n) is 35.9. The predicted octanol–water partition coefficient (Wildman–Crippen LogP) is 8.38. The van der Waals surface area contributed by atoms with Crippen molar-refractivity contribution in [2.75, 3.05) is 20.4 Å². The molecule has 2 aromatic heterocycles. The van der Waals surface area contributed by atoms with Crippen LogP contribution in [0.15, 0.2) is 9.05 Å². The van der Waals surface area contributed by atoms with E-state index in [1.54, 1.807) is 0 Å². The molecule has 0 amide bonds. The number of sulfonamides is 1. The third-order valence-electron chi connectivity index (χ3n) is 10.4. The molecular weight excluding hydrogens is 737 g/mol. The molecule has 0 aliphatic heterocycles. The van der Waals surface area contributed by atoms with Gasteiger partial charge in [-0.15, -0.1) is 0 Å². The van der Waals surface area contributed by atoms with Crippen molar-refractivity contribution in [3.8, 4) is 0 Å². The number of hydrogen-bond acceptors (Lipinski definition) is 13. The molecule has 4 rings (SSSR count). The van der Waals surface area contributed by atoms with E-state index in [0.717, 1.165) is 54.5 Å². The van der Waals surface area contributed by atoms with E-state index in [1.807, 2.05) is 48.6 Å². The van der Waals surface area contributed by atoms with Gasteiger partial charge in [0.1, 0.15) is 11.2 Å². The normalized spacial score (nSPS) is 17.2. The van der Waals surface area contributed by atoms with E-state index < -0.39 is 21.2 Å². The maximum absolute atomic E-state index is 12.4. The van der Waals surface area contributed by atoms with Gasteiger partial charge in [-0.05, 0) is 73.3 Å². The summed E-state index contributed by atoms with van der Waals surface area (Å²) in [6.45, 7) is 11.8. The molecule has 14 nitrogen and oxygen atoms in total. The number of nitrogens with zero attached hydrogens (tertiary/aromatic N) is 5. The van der Waals surface area contributed by atoms with Gasteiger partial charge in [0.05, 0.1) is 32.2 Å². The molecule has 2 atom stereocenters. The van der Waals surface area contributed by atoms with Gasteiger partial charge < -0.3 is 23.8 Å². The number of nitrogens with one attached hydrogen (secondary N) is 1. The van der Waals surface area contributed by atoms with Gasteiger partial charge in [-0.1, -0.05) is 100 Å². The molecule has 0 spiro atoms. The molecule has 2 fully saturated rings. The van der Waals surface area contributed by atoms with Crippen LogP contribution in [0.5, 0.6) is 0 Å². The Hall–Kier alpha value is -2.91. The van der Waals surface area contributed by atoms with Crippen LogP contribution in [0.4, 0.5) is 0 Å². The van der Waals surface area contributed by atoms with Gasteiger partial charge >= 0.3 is 11.9 Å². The summed E-state index contributed by atoms with van der Waals surface area (Å²) < 4.78 is 46.3. The van der Waals surface area contributed by atoms with Crippen molar-refractivity contribution in [2.24, 2.45) is 11.8 Å². The Morgan fingerprint density at radius 1 is 0.750 bits per heavy atom.